The largest absolute Gasteiger partial charge is 0.317 e. The van der Waals surface area contributed by atoms with Gasteiger partial charge in [0, 0.05) is 17.2 Å². The minimum Gasteiger partial charge on any atom is -0.317 e. The highest BCUT2D eigenvalue weighted by atomic mass is 35.5. The van der Waals surface area contributed by atoms with Crippen LogP contribution in [0.4, 0.5) is 5.69 Å². The first-order valence-electron chi connectivity index (χ1n) is 8.11. The molecule has 0 heterocycles. The maximum absolute atomic E-state index is 12.3. The maximum atomic E-state index is 12.3. The Morgan fingerprint density at radius 1 is 1.14 bits per heavy atom. The van der Waals surface area contributed by atoms with Crippen LogP contribution in [0, 0.1) is 10.1 Å². The van der Waals surface area contributed by atoms with E-state index in [1.807, 2.05) is 0 Å². The molecule has 0 atom stereocenters. The summed E-state index contributed by atoms with van der Waals surface area (Å²) in [4.78, 5) is 34.9. The fraction of sp³-hybridized carbons (Fsp3) is 0.105. The minimum atomic E-state index is -0.621. The number of hydrazone groups is 1. The van der Waals surface area contributed by atoms with Crippen molar-refractivity contribution in [2.24, 2.45) is 5.10 Å². The predicted molar refractivity (Wildman–Crippen MR) is 106 cm³/mol. The molecular weight excluding hydrogens is 384 g/mol. The highest BCUT2D eigenvalue weighted by Crippen LogP contribution is 2.24. The lowest BCUT2D eigenvalue weighted by Crippen LogP contribution is -2.33. The summed E-state index contributed by atoms with van der Waals surface area (Å²) in [5.41, 5.74) is 3.45. The smallest absolute Gasteiger partial charge is 0.288 e. The van der Waals surface area contributed by atoms with Gasteiger partial charge < -0.3 is 5.32 Å². The zero-order chi connectivity index (χ0) is 20.7. The Kier molecular flexibility index (Phi) is 7.00. The molecule has 2 aromatic carbocycles. The van der Waals surface area contributed by atoms with Gasteiger partial charge in [0.15, 0.2) is 0 Å². The summed E-state index contributed by atoms with van der Waals surface area (Å²) in [6, 6.07) is 12.6. The molecule has 0 unspecified atom stereocenters. The van der Waals surface area contributed by atoms with E-state index in [0.717, 1.165) is 0 Å². The van der Waals surface area contributed by atoms with Crippen molar-refractivity contribution in [3.05, 3.63) is 86.1 Å². The van der Waals surface area contributed by atoms with E-state index in [-0.39, 0.29) is 16.4 Å². The number of nitro groups is 1. The SMILES string of the molecule is CC(C)=C(NC(=O)c1ccccc1)C(=O)N/N=C/c1ccc(Cl)c([N+](=O)[O-])c1. The molecule has 9 heteroatoms. The van der Waals surface area contributed by atoms with Crippen molar-refractivity contribution in [1.82, 2.24) is 10.7 Å². The van der Waals surface area contributed by atoms with Gasteiger partial charge in [-0.3, -0.25) is 19.7 Å². The summed E-state index contributed by atoms with van der Waals surface area (Å²) in [6.07, 6.45) is 1.24. The van der Waals surface area contributed by atoms with Crippen LogP contribution in [0.2, 0.25) is 5.02 Å². The van der Waals surface area contributed by atoms with Crippen LogP contribution in [0.25, 0.3) is 0 Å². The molecule has 2 N–H and O–H groups in total. The van der Waals surface area contributed by atoms with Crippen LogP contribution in [0.1, 0.15) is 29.8 Å². The average Bonchev–Trinajstić information content (AvgIpc) is 2.67. The van der Waals surface area contributed by atoms with Crippen LogP contribution in [-0.2, 0) is 4.79 Å². The second kappa shape index (κ2) is 9.43. The van der Waals surface area contributed by atoms with Crippen molar-refractivity contribution in [2.75, 3.05) is 0 Å². The van der Waals surface area contributed by atoms with Gasteiger partial charge in [-0.15, -0.1) is 0 Å². The number of allylic oxidation sites excluding steroid dienone is 1. The lowest BCUT2D eigenvalue weighted by atomic mass is 10.2. The average molecular weight is 401 g/mol. The molecule has 0 aliphatic carbocycles. The van der Waals surface area contributed by atoms with Crippen molar-refractivity contribution < 1.29 is 14.5 Å². The molecule has 8 nitrogen and oxygen atoms in total. The van der Waals surface area contributed by atoms with Crippen LogP contribution in [-0.4, -0.2) is 23.0 Å². The molecule has 144 valence electrons. The number of hydrogen-bond donors (Lipinski definition) is 2. The van der Waals surface area contributed by atoms with E-state index in [4.69, 9.17) is 11.6 Å². The zero-order valence-electron chi connectivity index (χ0n) is 15.1. The van der Waals surface area contributed by atoms with Crippen LogP contribution < -0.4 is 10.7 Å². The second-order valence-corrected chi connectivity index (χ2v) is 6.27. The van der Waals surface area contributed by atoms with Gasteiger partial charge in [-0.2, -0.15) is 5.10 Å². The fourth-order valence-corrected chi connectivity index (χ4v) is 2.34. The Morgan fingerprint density at radius 2 is 1.82 bits per heavy atom. The van der Waals surface area contributed by atoms with E-state index >= 15 is 0 Å². The van der Waals surface area contributed by atoms with Gasteiger partial charge in [0.2, 0.25) is 0 Å². The predicted octanol–water partition coefficient (Wildman–Crippen LogP) is 3.42. The van der Waals surface area contributed by atoms with E-state index in [0.29, 0.717) is 16.7 Å². The number of rotatable bonds is 6. The lowest BCUT2D eigenvalue weighted by molar-refractivity contribution is -0.384. The number of nitrogens with zero attached hydrogens (tertiary/aromatic N) is 2. The molecule has 0 radical (unpaired) electrons. The minimum absolute atomic E-state index is 0.00152. The normalized spacial score (nSPS) is 10.4. The van der Waals surface area contributed by atoms with Crippen molar-refractivity contribution in [3.8, 4) is 0 Å². The van der Waals surface area contributed by atoms with Gasteiger partial charge in [0.25, 0.3) is 17.5 Å². The molecule has 2 aromatic rings. The highest BCUT2D eigenvalue weighted by molar-refractivity contribution is 6.32. The molecule has 0 saturated carbocycles. The number of amides is 2. The molecule has 0 aromatic heterocycles. The Bertz CT molecular complexity index is 967. The van der Waals surface area contributed by atoms with Gasteiger partial charge in [-0.05, 0) is 37.6 Å². The topological polar surface area (TPSA) is 114 Å². The number of nitrogens with one attached hydrogen (secondary N) is 2. The van der Waals surface area contributed by atoms with Crippen molar-refractivity contribution in [3.63, 3.8) is 0 Å². The number of nitro benzene ring substituents is 1. The van der Waals surface area contributed by atoms with Crippen molar-refractivity contribution in [2.45, 2.75) is 13.8 Å². The zero-order valence-corrected chi connectivity index (χ0v) is 15.9. The van der Waals surface area contributed by atoms with E-state index < -0.39 is 16.7 Å². The van der Waals surface area contributed by atoms with E-state index in [9.17, 15) is 19.7 Å². The first kappa shape index (κ1) is 20.8. The molecule has 2 amide bonds. The van der Waals surface area contributed by atoms with Gasteiger partial charge in [0.1, 0.15) is 10.7 Å². The third-order valence-corrected chi connectivity index (χ3v) is 3.87. The number of carbonyl (C=O) groups is 2. The van der Waals surface area contributed by atoms with Crippen molar-refractivity contribution in [1.29, 1.82) is 0 Å². The molecule has 28 heavy (non-hydrogen) atoms. The van der Waals surface area contributed by atoms with Crippen LogP contribution in [0.5, 0.6) is 0 Å². The quantitative estimate of drug-likeness (QED) is 0.334. The molecule has 0 aliphatic heterocycles. The van der Waals surface area contributed by atoms with E-state index in [2.05, 4.69) is 15.8 Å². The highest BCUT2D eigenvalue weighted by Gasteiger charge is 2.15. The molecule has 0 saturated heterocycles. The molecule has 0 spiro atoms. The van der Waals surface area contributed by atoms with Crippen LogP contribution >= 0.6 is 11.6 Å². The Hall–Kier alpha value is -3.52. The second-order valence-electron chi connectivity index (χ2n) is 5.86. The van der Waals surface area contributed by atoms with Crippen molar-refractivity contribution >= 4 is 35.3 Å². The molecule has 0 bridgehead atoms. The number of carbonyl (C=O) groups excluding carboxylic acids is 2. The summed E-state index contributed by atoms with van der Waals surface area (Å²) in [7, 11) is 0. The monoisotopic (exact) mass is 400 g/mol. The maximum Gasteiger partial charge on any atom is 0.288 e. The summed E-state index contributed by atoms with van der Waals surface area (Å²) in [5.74, 6) is -1.05. The summed E-state index contributed by atoms with van der Waals surface area (Å²) < 4.78 is 0. The first-order chi connectivity index (χ1) is 13.3. The van der Waals surface area contributed by atoms with Gasteiger partial charge in [-0.25, -0.2) is 5.43 Å². The summed E-state index contributed by atoms with van der Waals surface area (Å²) in [6.45, 7) is 3.35. The summed E-state index contributed by atoms with van der Waals surface area (Å²) in [5, 5.41) is 17.2. The van der Waals surface area contributed by atoms with E-state index in [1.54, 1.807) is 44.2 Å². The summed E-state index contributed by atoms with van der Waals surface area (Å²) >= 11 is 5.75. The Labute approximate surface area is 166 Å². The standard InChI is InChI=1S/C19H17ClN4O4/c1-12(2)17(22-18(25)14-6-4-3-5-7-14)19(26)23-21-11-13-8-9-15(20)16(10-13)24(27)28/h3-11H,1-2H3,(H,22,25)(H,23,26)/b21-11+. The number of benzene rings is 2. The van der Waals surface area contributed by atoms with Gasteiger partial charge >= 0.3 is 0 Å². The molecular formula is C19H17ClN4O4. The Balaban J connectivity index is 2.08. The number of halogens is 1. The van der Waals surface area contributed by atoms with E-state index in [1.165, 1.54) is 24.4 Å². The third-order valence-electron chi connectivity index (χ3n) is 3.55. The Morgan fingerprint density at radius 3 is 2.43 bits per heavy atom. The van der Waals surface area contributed by atoms with Crippen LogP contribution in [0.15, 0.2) is 64.9 Å². The third kappa shape index (κ3) is 5.49. The molecule has 0 fully saturated rings. The van der Waals surface area contributed by atoms with Gasteiger partial charge in [-0.1, -0.05) is 35.9 Å². The lowest BCUT2D eigenvalue weighted by Gasteiger charge is -2.10. The number of hydrogen-bond acceptors (Lipinski definition) is 5. The van der Waals surface area contributed by atoms with Crippen LogP contribution in [0.3, 0.4) is 0 Å². The molecule has 0 aliphatic rings. The fourth-order valence-electron chi connectivity index (χ4n) is 2.16. The van der Waals surface area contributed by atoms with Gasteiger partial charge in [0.05, 0.1) is 11.1 Å². The first-order valence-corrected chi connectivity index (χ1v) is 8.48. The molecule has 2 rings (SSSR count).